The largest absolute Gasteiger partial charge is 0.480 e. The summed E-state index contributed by atoms with van der Waals surface area (Å²) in [7, 11) is 0. The monoisotopic (exact) mass is 210 g/mol. The Bertz CT molecular complexity index is 361. The zero-order valence-corrected chi connectivity index (χ0v) is 8.56. The minimum atomic E-state index is -0.803. The van der Waals surface area contributed by atoms with Gasteiger partial charge in [0.1, 0.15) is 11.8 Å². The Hall–Kier alpha value is -1.36. The number of nitrogens with zero attached hydrogens (tertiary/aromatic N) is 1. The van der Waals surface area contributed by atoms with E-state index in [0.29, 0.717) is 18.9 Å². The smallest absolute Gasteiger partial charge is 0.320 e. The number of piperidine rings is 1. The number of nitrogens with one attached hydrogen (secondary N) is 1. The molecule has 2 heterocycles. The molecule has 0 aliphatic carbocycles. The summed E-state index contributed by atoms with van der Waals surface area (Å²) in [5.41, 5.74) is 0. The van der Waals surface area contributed by atoms with Crippen LogP contribution in [-0.4, -0.2) is 28.6 Å². The van der Waals surface area contributed by atoms with E-state index in [1.54, 1.807) is 6.20 Å². The second-order valence-corrected chi connectivity index (χ2v) is 3.88. The zero-order chi connectivity index (χ0) is 10.8. The average molecular weight is 210 g/mol. The van der Waals surface area contributed by atoms with Gasteiger partial charge in [-0.05, 0) is 26.3 Å². The molecule has 5 nitrogen and oxygen atoms in total. The van der Waals surface area contributed by atoms with Crippen LogP contribution in [0.15, 0.2) is 10.6 Å². The first kappa shape index (κ1) is 10.2. The fourth-order valence-electron chi connectivity index (χ4n) is 1.89. The van der Waals surface area contributed by atoms with Crippen LogP contribution in [0.4, 0.5) is 0 Å². The van der Waals surface area contributed by atoms with E-state index in [-0.39, 0.29) is 5.92 Å². The normalized spacial score (nSPS) is 26.5. The number of hydrogen-bond acceptors (Lipinski definition) is 4. The fraction of sp³-hybridized carbons (Fsp3) is 0.600. The van der Waals surface area contributed by atoms with Crippen LogP contribution in [0.1, 0.15) is 30.4 Å². The van der Waals surface area contributed by atoms with Crippen molar-refractivity contribution in [3.8, 4) is 0 Å². The highest BCUT2D eigenvalue weighted by Gasteiger charge is 2.29. The molecule has 82 valence electrons. The molecule has 0 spiro atoms. The standard InChI is InChI=1S/C10H14N2O3/c1-6-5-12-9(15-6)7-2-3-11-8(4-7)10(13)14/h5,7-8,11H,2-4H2,1H3,(H,13,14). The molecule has 2 atom stereocenters. The molecule has 1 aromatic heterocycles. The number of carbonyl (C=O) groups is 1. The first-order valence-corrected chi connectivity index (χ1v) is 5.05. The number of carboxylic acids is 1. The summed E-state index contributed by atoms with van der Waals surface area (Å²) in [6.45, 7) is 2.54. The molecular formula is C10H14N2O3. The third-order valence-electron chi connectivity index (χ3n) is 2.69. The molecule has 2 N–H and O–H groups in total. The highest BCUT2D eigenvalue weighted by Crippen LogP contribution is 2.27. The lowest BCUT2D eigenvalue weighted by molar-refractivity contribution is -0.140. The van der Waals surface area contributed by atoms with Crippen molar-refractivity contribution in [3.05, 3.63) is 17.8 Å². The first-order chi connectivity index (χ1) is 7.16. The lowest BCUT2D eigenvalue weighted by atomic mass is 9.92. The highest BCUT2D eigenvalue weighted by molar-refractivity contribution is 5.73. The number of aliphatic carboxylic acids is 1. The van der Waals surface area contributed by atoms with Gasteiger partial charge in [-0.15, -0.1) is 0 Å². The van der Waals surface area contributed by atoms with E-state index in [1.165, 1.54) is 0 Å². The molecule has 1 aliphatic heterocycles. The van der Waals surface area contributed by atoms with Gasteiger partial charge in [0.25, 0.3) is 0 Å². The Labute approximate surface area is 87.5 Å². The van der Waals surface area contributed by atoms with Crippen molar-refractivity contribution in [2.45, 2.75) is 31.7 Å². The SMILES string of the molecule is Cc1cnc(C2CCNC(C(=O)O)C2)o1. The molecule has 0 aromatic carbocycles. The number of aryl methyl sites for hydroxylation is 1. The molecule has 1 aromatic rings. The quantitative estimate of drug-likeness (QED) is 0.758. The summed E-state index contributed by atoms with van der Waals surface area (Å²) < 4.78 is 5.42. The van der Waals surface area contributed by atoms with Crippen molar-refractivity contribution in [2.24, 2.45) is 0 Å². The van der Waals surface area contributed by atoms with Crippen molar-refractivity contribution in [1.29, 1.82) is 0 Å². The summed E-state index contributed by atoms with van der Waals surface area (Å²) in [5.74, 6) is 0.764. The predicted molar refractivity (Wildman–Crippen MR) is 52.6 cm³/mol. The van der Waals surface area contributed by atoms with Gasteiger partial charge in [0.05, 0.1) is 6.20 Å². The number of hydrogen-bond donors (Lipinski definition) is 2. The summed E-state index contributed by atoms with van der Waals surface area (Å²) in [6, 6.07) is -0.476. The fourth-order valence-corrected chi connectivity index (χ4v) is 1.89. The van der Waals surface area contributed by atoms with Crippen LogP contribution in [0.3, 0.4) is 0 Å². The molecule has 0 amide bonds. The van der Waals surface area contributed by atoms with Crippen molar-refractivity contribution in [3.63, 3.8) is 0 Å². The summed E-state index contributed by atoms with van der Waals surface area (Å²) in [5, 5.41) is 11.9. The third-order valence-corrected chi connectivity index (χ3v) is 2.69. The van der Waals surface area contributed by atoms with Crippen molar-refractivity contribution in [1.82, 2.24) is 10.3 Å². The van der Waals surface area contributed by atoms with Crippen molar-refractivity contribution >= 4 is 5.97 Å². The maximum atomic E-state index is 10.8. The van der Waals surface area contributed by atoms with Gasteiger partial charge in [-0.3, -0.25) is 4.79 Å². The Morgan fingerprint density at radius 2 is 2.53 bits per heavy atom. The van der Waals surface area contributed by atoms with Gasteiger partial charge in [-0.25, -0.2) is 4.98 Å². The van der Waals surface area contributed by atoms with E-state index >= 15 is 0 Å². The zero-order valence-electron chi connectivity index (χ0n) is 8.56. The lowest BCUT2D eigenvalue weighted by Crippen LogP contribution is -2.42. The second kappa shape index (κ2) is 4.02. The van der Waals surface area contributed by atoms with Gasteiger partial charge in [-0.1, -0.05) is 0 Å². The third kappa shape index (κ3) is 2.18. The minimum Gasteiger partial charge on any atom is -0.480 e. The van der Waals surface area contributed by atoms with Gasteiger partial charge >= 0.3 is 5.97 Å². The number of carboxylic acid groups (broad SMARTS) is 1. The molecule has 2 rings (SSSR count). The maximum absolute atomic E-state index is 10.8. The van der Waals surface area contributed by atoms with Gasteiger partial charge in [0.15, 0.2) is 5.89 Å². The predicted octanol–water partition coefficient (Wildman–Crippen LogP) is 0.903. The molecule has 1 fully saturated rings. The van der Waals surface area contributed by atoms with Gasteiger partial charge in [0.2, 0.25) is 0 Å². The van der Waals surface area contributed by atoms with E-state index in [0.717, 1.165) is 12.2 Å². The molecule has 2 unspecified atom stereocenters. The van der Waals surface area contributed by atoms with Gasteiger partial charge in [0, 0.05) is 5.92 Å². The van der Waals surface area contributed by atoms with Crippen LogP contribution in [0, 0.1) is 6.92 Å². The molecule has 5 heteroatoms. The lowest BCUT2D eigenvalue weighted by Gasteiger charge is -2.25. The molecule has 1 saturated heterocycles. The Kier molecular flexibility index (Phi) is 2.73. The summed E-state index contributed by atoms with van der Waals surface area (Å²) >= 11 is 0. The highest BCUT2D eigenvalue weighted by atomic mass is 16.4. The van der Waals surface area contributed by atoms with E-state index < -0.39 is 12.0 Å². The van der Waals surface area contributed by atoms with Crippen LogP contribution >= 0.6 is 0 Å². The Morgan fingerprint density at radius 1 is 1.73 bits per heavy atom. The van der Waals surface area contributed by atoms with E-state index in [1.807, 2.05) is 6.92 Å². The molecular weight excluding hydrogens is 196 g/mol. The van der Waals surface area contributed by atoms with Crippen molar-refractivity contribution in [2.75, 3.05) is 6.54 Å². The molecule has 1 aliphatic rings. The molecule has 0 saturated carbocycles. The van der Waals surface area contributed by atoms with Crippen LogP contribution in [0.25, 0.3) is 0 Å². The number of oxazole rings is 1. The van der Waals surface area contributed by atoms with Gasteiger partial charge in [-0.2, -0.15) is 0 Å². The Morgan fingerprint density at radius 3 is 3.13 bits per heavy atom. The van der Waals surface area contributed by atoms with E-state index in [4.69, 9.17) is 9.52 Å². The molecule has 0 radical (unpaired) electrons. The topological polar surface area (TPSA) is 75.4 Å². The van der Waals surface area contributed by atoms with Crippen LogP contribution in [0.5, 0.6) is 0 Å². The van der Waals surface area contributed by atoms with Crippen LogP contribution in [-0.2, 0) is 4.79 Å². The second-order valence-electron chi connectivity index (χ2n) is 3.88. The number of rotatable bonds is 2. The molecule has 15 heavy (non-hydrogen) atoms. The Balaban J connectivity index is 2.07. The molecule has 0 bridgehead atoms. The minimum absolute atomic E-state index is 0.126. The first-order valence-electron chi connectivity index (χ1n) is 5.05. The van der Waals surface area contributed by atoms with Gasteiger partial charge < -0.3 is 14.8 Å². The number of aromatic nitrogens is 1. The van der Waals surface area contributed by atoms with Crippen LogP contribution in [0.2, 0.25) is 0 Å². The van der Waals surface area contributed by atoms with E-state index in [9.17, 15) is 4.79 Å². The van der Waals surface area contributed by atoms with E-state index in [2.05, 4.69) is 10.3 Å². The van der Waals surface area contributed by atoms with Crippen molar-refractivity contribution < 1.29 is 14.3 Å². The average Bonchev–Trinajstić information content (AvgIpc) is 2.65. The summed E-state index contributed by atoms with van der Waals surface area (Å²) in [4.78, 5) is 15.0. The van der Waals surface area contributed by atoms with Crippen LogP contribution < -0.4 is 5.32 Å². The summed E-state index contributed by atoms with van der Waals surface area (Å²) in [6.07, 6.45) is 3.10. The maximum Gasteiger partial charge on any atom is 0.320 e.